The summed E-state index contributed by atoms with van der Waals surface area (Å²) >= 11 is 6.36. The van der Waals surface area contributed by atoms with Gasteiger partial charge < -0.3 is 24.3 Å². The third kappa shape index (κ3) is 7.12. The topological polar surface area (TPSA) is 72.8 Å². The molecule has 1 N–H and O–H groups in total. The Labute approximate surface area is 242 Å². The predicted octanol–water partition coefficient (Wildman–Crippen LogP) is 6.35. The summed E-state index contributed by atoms with van der Waals surface area (Å²) < 4.78 is 88.3. The molecule has 0 aliphatic carbocycles. The molecule has 42 heavy (non-hydrogen) atoms. The molecule has 2 amide bonds. The standard InChI is InChI=1S/C28H28ClF6N3O4/c1-16-3-4-17(14-36-26(40)27(30,31)32)13-19(16)18-7-9-37(10-8-18)25(39)20-15-38(11-12-41-2)24-21(29)5-6-22(23(20)24)42-28(33,34)35/h3-6,13,15,18H,7-12,14H2,1-2H3,(H,36,40). The quantitative estimate of drug-likeness (QED) is 0.299. The first kappa shape index (κ1) is 31.5. The average Bonchev–Trinajstić information content (AvgIpc) is 3.32. The van der Waals surface area contributed by atoms with E-state index in [9.17, 15) is 35.9 Å². The Hall–Kier alpha value is -3.45. The zero-order valence-electron chi connectivity index (χ0n) is 22.7. The van der Waals surface area contributed by atoms with Crippen LogP contribution in [0.1, 0.15) is 45.8 Å². The smallest absolute Gasteiger partial charge is 0.405 e. The molecule has 0 atom stereocenters. The van der Waals surface area contributed by atoms with Gasteiger partial charge in [0.25, 0.3) is 5.91 Å². The summed E-state index contributed by atoms with van der Waals surface area (Å²) in [5.41, 5.74) is 2.54. The highest BCUT2D eigenvalue weighted by Gasteiger charge is 2.38. The zero-order valence-corrected chi connectivity index (χ0v) is 23.4. The SMILES string of the molecule is COCCn1cc(C(=O)N2CCC(c3cc(CNC(=O)C(F)(F)F)ccc3C)CC2)c2c(OC(F)(F)F)ccc(Cl)c21. The van der Waals surface area contributed by atoms with Gasteiger partial charge in [-0.2, -0.15) is 13.2 Å². The number of aryl methyl sites for hydroxylation is 1. The molecular formula is C28H28ClF6N3O4. The minimum Gasteiger partial charge on any atom is -0.405 e. The van der Waals surface area contributed by atoms with Crippen molar-refractivity contribution in [3.8, 4) is 5.75 Å². The summed E-state index contributed by atoms with van der Waals surface area (Å²) in [6.07, 6.45) is -7.49. The summed E-state index contributed by atoms with van der Waals surface area (Å²) in [5.74, 6) is -3.07. The first-order chi connectivity index (χ1) is 19.7. The van der Waals surface area contributed by atoms with Crippen LogP contribution in [0.4, 0.5) is 26.3 Å². The first-order valence-corrected chi connectivity index (χ1v) is 13.4. The summed E-state index contributed by atoms with van der Waals surface area (Å²) in [6, 6.07) is 7.51. The number of hydrogen-bond acceptors (Lipinski definition) is 4. The Balaban J connectivity index is 1.55. The highest BCUT2D eigenvalue weighted by Crippen LogP contribution is 2.39. The molecule has 1 fully saturated rings. The van der Waals surface area contributed by atoms with Crippen LogP contribution in [0.15, 0.2) is 36.5 Å². The van der Waals surface area contributed by atoms with Crippen molar-refractivity contribution < 1.29 is 45.4 Å². The largest absolute Gasteiger partial charge is 0.573 e. The molecule has 7 nitrogen and oxygen atoms in total. The number of ether oxygens (including phenoxy) is 2. The van der Waals surface area contributed by atoms with Crippen molar-refractivity contribution in [2.45, 2.75) is 51.3 Å². The number of piperidine rings is 1. The molecule has 228 valence electrons. The van der Waals surface area contributed by atoms with Crippen LogP contribution in [-0.4, -0.2) is 60.6 Å². The van der Waals surface area contributed by atoms with Crippen LogP contribution in [0.25, 0.3) is 10.9 Å². The maximum absolute atomic E-state index is 13.7. The molecule has 1 aliphatic rings. The number of nitrogens with zero attached hydrogens (tertiary/aromatic N) is 2. The maximum Gasteiger partial charge on any atom is 0.573 e. The molecule has 2 heterocycles. The van der Waals surface area contributed by atoms with Gasteiger partial charge in [0.15, 0.2) is 0 Å². The third-order valence-corrected chi connectivity index (χ3v) is 7.51. The molecule has 0 unspecified atom stereocenters. The fourth-order valence-corrected chi connectivity index (χ4v) is 5.46. The van der Waals surface area contributed by atoms with Crippen LogP contribution in [0.5, 0.6) is 5.75 Å². The molecule has 1 saturated heterocycles. The number of alkyl halides is 6. The van der Waals surface area contributed by atoms with Gasteiger partial charge in [0.2, 0.25) is 0 Å². The number of benzene rings is 2. The van der Waals surface area contributed by atoms with Gasteiger partial charge in [-0.05, 0) is 54.5 Å². The second-order valence-corrected chi connectivity index (χ2v) is 10.4. The summed E-state index contributed by atoms with van der Waals surface area (Å²) in [5, 5.41) is 1.96. The number of carbonyl (C=O) groups excluding carboxylic acids is 2. The van der Waals surface area contributed by atoms with Crippen molar-refractivity contribution in [2.24, 2.45) is 0 Å². The van der Waals surface area contributed by atoms with Gasteiger partial charge in [-0.25, -0.2) is 0 Å². The van der Waals surface area contributed by atoms with Gasteiger partial charge in [-0.3, -0.25) is 9.59 Å². The lowest BCUT2D eigenvalue weighted by molar-refractivity contribution is -0.274. The number of amides is 2. The van der Waals surface area contributed by atoms with Crippen LogP contribution in [0.2, 0.25) is 5.02 Å². The van der Waals surface area contributed by atoms with E-state index in [0.717, 1.165) is 17.2 Å². The van der Waals surface area contributed by atoms with Crippen LogP contribution in [0.3, 0.4) is 0 Å². The average molecular weight is 620 g/mol. The molecule has 4 rings (SSSR count). The predicted molar refractivity (Wildman–Crippen MR) is 142 cm³/mol. The lowest BCUT2D eigenvalue weighted by atomic mass is 9.85. The van der Waals surface area contributed by atoms with Crippen LogP contribution in [0, 0.1) is 6.92 Å². The van der Waals surface area contributed by atoms with Crippen molar-refractivity contribution >= 4 is 34.3 Å². The van der Waals surface area contributed by atoms with Crippen molar-refractivity contribution in [2.75, 3.05) is 26.8 Å². The minimum absolute atomic E-state index is 0.0138. The van der Waals surface area contributed by atoms with E-state index in [2.05, 4.69) is 4.74 Å². The van der Waals surface area contributed by atoms with Crippen LogP contribution in [-0.2, 0) is 22.6 Å². The lowest BCUT2D eigenvalue weighted by Crippen LogP contribution is -2.38. The number of carbonyl (C=O) groups is 2. The number of aromatic nitrogens is 1. The normalized spacial score (nSPS) is 14.8. The van der Waals surface area contributed by atoms with E-state index < -0.39 is 30.1 Å². The van der Waals surface area contributed by atoms with Gasteiger partial charge in [-0.15, -0.1) is 13.2 Å². The van der Waals surface area contributed by atoms with E-state index in [1.807, 2.05) is 12.2 Å². The van der Waals surface area contributed by atoms with Gasteiger partial charge in [-0.1, -0.05) is 29.8 Å². The molecule has 0 radical (unpaired) electrons. The van der Waals surface area contributed by atoms with Crippen molar-refractivity contribution in [3.05, 3.63) is 63.8 Å². The van der Waals surface area contributed by atoms with E-state index in [1.165, 1.54) is 19.4 Å². The molecule has 3 aromatic rings. The van der Waals surface area contributed by atoms with Crippen molar-refractivity contribution in [1.29, 1.82) is 0 Å². The second kappa shape index (κ2) is 12.4. The number of fused-ring (bicyclic) bond motifs is 1. The van der Waals surface area contributed by atoms with Crippen LogP contribution < -0.4 is 10.1 Å². The Morgan fingerprint density at radius 1 is 1.07 bits per heavy atom. The number of halogens is 7. The number of nitrogens with one attached hydrogen (secondary N) is 1. The summed E-state index contributed by atoms with van der Waals surface area (Å²) in [6.45, 7) is 2.61. The monoisotopic (exact) mass is 619 g/mol. The molecule has 0 saturated carbocycles. The molecule has 14 heteroatoms. The van der Waals surface area contributed by atoms with E-state index in [1.54, 1.807) is 27.7 Å². The minimum atomic E-state index is -4.99. The molecule has 0 bridgehead atoms. The Morgan fingerprint density at radius 2 is 1.76 bits per heavy atom. The molecule has 1 aliphatic heterocycles. The lowest BCUT2D eigenvalue weighted by Gasteiger charge is -2.33. The van der Waals surface area contributed by atoms with E-state index >= 15 is 0 Å². The third-order valence-electron chi connectivity index (χ3n) is 7.20. The fourth-order valence-electron chi connectivity index (χ4n) is 5.20. The molecule has 0 spiro atoms. The van der Waals surface area contributed by atoms with Crippen LogP contribution >= 0.6 is 11.6 Å². The van der Waals surface area contributed by atoms with E-state index in [0.29, 0.717) is 31.5 Å². The van der Waals surface area contributed by atoms with Gasteiger partial charge >= 0.3 is 18.4 Å². The Morgan fingerprint density at radius 3 is 2.38 bits per heavy atom. The zero-order chi connectivity index (χ0) is 30.8. The van der Waals surface area contributed by atoms with E-state index in [4.69, 9.17) is 16.3 Å². The highest BCUT2D eigenvalue weighted by atomic mass is 35.5. The molecular weight excluding hydrogens is 592 g/mol. The molecule has 1 aromatic heterocycles. The van der Waals surface area contributed by atoms with Gasteiger partial charge in [0.1, 0.15) is 5.75 Å². The first-order valence-electron chi connectivity index (χ1n) is 13.0. The van der Waals surface area contributed by atoms with E-state index in [-0.39, 0.29) is 47.1 Å². The summed E-state index contributed by atoms with van der Waals surface area (Å²) in [7, 11) is 1.47. The Kier molecular flexibility index (Phi) is 9.31. The van der Waals surface area contributed by atoms with Gasteiger partial charge in [0.05, 0.1) is 28.1 Å². The number of methoxy groups -OCH3 is 1. The maximum atomic E-state index is 13.7. The van der Waals surface area contributed by atoms with Gasteiger partial charge in [0, 0.05) is 39.5 Å². The second-order valence-electron chi connectivity index (χ2n) is 9.98. The number of hydrogen-bond donors (Lipinski definition) is 1. The van der Waals surface area contributed by atoms with Crippen molar-refractivity contribution in [1.82, 2.24) is 14.8 Å². The fraction of sp³-hybridized carbons (Fsp3) is 0.429. The summed E-state index contributed by atoms with van der Waals surface area (Å²) in [4.78, 5) is 26.4. The highest BCUT2D eigenvalue weighted by molar-refractivity contribution is 6.36. The molecule has 2 aromatic carbocycles. The van der Waals surface area contributed by atoms with Crippen molar-refractivity contribution in [3.63, 3.8) is 0 Å². The number of likely N-dealkylation sites (tertiary alicyclic amines) is 1. The number of rotatable bonds is 8. The Bertz CT molecular complexity index is 1460.